The van der Waals surface area contributed by atoms with E-state index in [9.17, 15) is 0 Å². The van der Waals surface area contributed by atoms with E-state index in [1.165, 1.54) is 44.1 Å². The van der Waals surface area contributed by atoms with Crippen LogP contribution in [0.4, 0.5) is 0 Å². The maximum atomic E-state index is 4.43. The third-order valence-electron chi connectivity index (χ3n) is 3.53. The molecule has 0 aromatic carbocycles. The average Bonchev–Trinajstić information content (AvgIpc) is 2.28. The van der Waals surface area contributed by atoms with Crippen LogP contribution in [0.25, 0.3) is 0 Å². The summed E-state index contributed by atoms with van der Waals surface area (Å²) in [5.41, 5.74) is 3.77. The molecular formula is C16H27N. The molecule has 17 heavy (non-hydrogen) atoms. The third-order valence-corrected chi connectivity index (χ3v) is 3.53. The predicted molar refractivity (Wildman–Crippen MR) is 75.3 cm³/mol. The minimum Gasteiger partial charge on any atom is -0.258 e. The molecule has 1 aromatic heterocycles. The van der Waals surface area contributed by atoms with Crippen molar-refractivity contribution in [3.63, 3.8) is 0 Å². The van der Waals surface area contributed by atoms with Gasteiger partial charge in [-0.15, -0.1) is 0 Å². The molecule has 1 rings (SSSR count). The van der Waals surface area contributed by atoms with Crippen LogP contribution < -0.4 is 0 Å². The first-order chi connectivity index (χ1) is 8.15. The van der Waals surface area contributed by atoms with Gasteiger partial charge in [0, 0.05) is 11.4 Å². The van der Waals surface area contributed by atoms with Crippen LogP contribution in [0.15, 0.2) is 12.1 Å². The number of aromatic nitrogens is 1. The topological polar surface area (TPSA) is 12.9 Å². The lowest BCUT2D eigenvalue weighted by atomic mass is 9.92. The number of pyridine rings is 1. The zero-order valence-electron chi connectivity index (χ0n) is 11.9. The Labute approximate surface area is 107 Å². The number of hydrogen-bond donors (Lipinski definition) is 0. The van der Waals surface area contributed by atoms with Gasteiger partial charge in [-0.3, -0.25) is 4.98 Å². The number of unbranched alkanes of at least 4 members (excludes halogenated alkanes) is 1. The van der Waals surface area contributed by atoms with Gasteiger partial charge in [-0.2, -0.15) is 0 Å². The molecule has 0 saturated carbocycles. The van der Waals surface area contributed by atoms with E-state index in [4.69, 9.17) is 0 Å². The monoisotopic (exact) mass is 233 g/mol. The number of rotatable bonds is 7. The highest BCUT2D eigenvalue weighted by molar-refractivity contribution is 5.20. The summed E-state index contributed by atoms with van der Waals surface area (Å²) in [6.45, 7) is 8.78. The minimum atomic E-state index is 0.906. The van der Waals surface area contributed by atoms with Gasteiger partial charge < -0.3 is 0 Å². The lowest BCUT2D eigenvalue weighted by Crippen LogP contribution is -2.02. The second-order valence-electron chi connectivity index (χ2n) is 5.21. The molecule has 0 saturated heterocycles. The van der Waals surface area contributed by atoms with Crippen molar-refractivity contribution in [2.45, 2.75) is 66.2 Å². The molecule has 1 unspecified atom stereocenters. The second-order valence-corrected chi connectivity index (χ2v) is 5.21. The van der Waals surface area contributed by atoms with Crippen LogP contribution in [0.3, 0.4) is 0 Å². The molecular weight excluding hydrogens is 206 g/mol. The highest BCUT2D eigenvalue weighted by Crippen LogP contribution is 2.19. The largest absolute Gasteiger partial charge is 0.258 e. The Hall–Kier alpha value is -0.850. The van der Waals surface area contributed by atoms with Crippen LogP contribution in [0.1, 0.15) is 62.9 Å². The zero-order valence-corrected chi connectivity index (χ0v) is 11.9. The molecule has 96 valence electrons. The Bertz CT molecular complexity index is 310. The zero-order chi connectivity index (χ0) is 12.7. The summed E-state index contributed by atoms with van der Waals surface area (Å²) in [4.78, 5) is 4.43. The normalized spacial score (nSPS) is 12.7. The van der Waals surface area contributed by atoms with Crippen LogP contribution in [-0.2, 0) is 6.42 Å². The minimum absolute atomic E-state index is 0.906. The Morgan fingerprint density at radius 2 is 1.71 bits per heavy atom. The van der Waals surface area contributed by atoms with Gasteiger partial charge in [0.2, 0.25) is 0 Å². The molecule has 1 nitrogen and oxygen atoms in total. The molecule has 1 heteroatoms. The summed E-state index contributed by atoms with van der Waals surface area (Å²) in [6, 6.07) is 4.47. The smallest absolute Gasteiger partial charge is 0.0378 e. The SMILES string of the molecule is CCCCC(CC)CCc1cc(C)nc(C)c1. The lowest BCUT2D eigenvalue weighted by molar-refractivity contribution is 0.422. The molecule has 1 aromatic rings. The van der Waals surface area contributed by atoms with E-state index < -0.39 is 0 Å². The summed E-state index contributed by atoms with van der Waals surface area (Å²) in [6.07, 6.45) is 7.97. The van der Waals surface area contributed by atoms with E-state index in [-0.39, 0.29) is 0 Å². The average molecular weight is 233 g/mol. The van der Waals surface area contributed by atoms with E-state index >= 15 is 0 Å². The van der Waals surface area contributed by atoms with Gasteiger partial charge in [0.05, 0.1) is 0 Å². The fourth-order valence-electron chi connectivity index (χ4n) is 2.48. The molecule has 1 heterocycles. The van der Waals surface area contributed by atoms with E-state index in [0.717, 1.165) is 17.3 Å². The molecule has 0 N–H and O–H groups in total. The number of nitrogens with zero attached hydrogens (tertiary/aromatic N) is 1. The highest BCUT2D eigenvalue weighted by atomic mass is 14.7. The number of hydrogen-bond acceptors (Lipinski definition) is 1. The van der Waals surface area contributed by atoms with Crippen molar-refractivity contribution in [2.75, 3.05) is 0 Å². The van der Waals surface area contributed by atoms with Gasteiger partial charge in [-0.05, 0) is 50.3 Å². The van der Waals surface area contributed by atoms with Crippen LogP contribution in [0, 0.1) is 19.8 Å². The number of aryl methyl sites for hydroxylation is 3. The van der Waals surface area contributed by atoms with Crippen molar-refractivity contribution < 1.29 is 0 Å². The maximum absolute atomic E-state index is 4.43. The summed E-state index contributed by atoms with van der Waals surface area (Å²) < 4.78 is 0. The molecule has 1 atom stereocenters. The first-order valence-corrected chi connectivity index (χ1v) is 7.09. The van der Waals surface area contributed by atoms with Crippen molar-refractivity contribution in [3.05, 3.63) is 29.1 Å². The second kappa shape index (κ2) is 7.47. The van der Waals surface area contributed by atoms with Gasteiger partial charge in [0.1, 0.15) is 0 Å². The standard InChI is InChI=1S/C16H27N/c1-5-7-8-15(6-2)9-10-16-11-13(3)17-14(4)12-16/h11-12,15H,5-10H2,1-4H3. The van der Waals surface area contributed by atoms with Crippen molar-refractivity contribution in [2.24, 2.45) is 5.92 Å². The van der Waals surface area contributed by atoms with E-state index in [0.29, 0.717) is 0 Å². The lowest BCUT2D eigenvalue weighted by Gasteiger charge is -2.14. The summed E-state index contributed by atoms with van der Waals surface area (Å²) in [5.74, 6) is 0.906. The molecule has 0 bridgehead atoms. The fourth-order valence-corrected chi connectivity index (χ4v) is 2.48. The van der Waals surface area contributed by atoms with Gasteiger partial charge >= 0.3 is 0 Å². The van der Waals surface area contributed by atoms with Crippen LogP contribution in [-0.4, -0.2) is 4.98 Å². The van der Waals surface area contributed by atoms with Crippen molar-refractivity contribution in [1.82, 2.24) is 4.98 Å². The van der Waals surface area contributed by atoms with Gasteiger partial charge in [-0.25, -0.2) is 0 Å². The van der Waals surface area contributed by atoms with Crippen LogP contribution in [0.2, 0.25) is 0 Å². The molecule has 0 radical (unpaired) electrons. The van der Waals surface area contributed by atoms with Gasteiger partial charge in [0.25, 0.3) is 0 Å². The van der Waals surface area contributed by atoms with Gasteiger partial charge in [0.15, 0.2) is 0 Å². The summed E-state index contributed by atoms with van der Waals surface area (Å²) in [7, 11) is 0. The molecule has 0 aliphatic heterocycles. The summed E-state index contributed by atoms with van der Waals surface area (Å²) >= 11 is 0. The Morgan fingerprint density at radius 3 is 2.24 bits per heavy atom. The van der Waals surface area contributed by atoms with E-state index in [2.05, 4.69) is 44.8 Å². The van der Waals surface area contributed by atoms with E-state index in [1.807, 2.05) is 0 Å². The van der Waals surface area contributed by atoms with Gasteiger partial charge in [-0.1, -0.05) is 39.5 Å². The first-order valence-electron chi connectivity index (χ1n) is 7.09. The molecule has 0 spiro atoms. The maximum Gasteiger partial charge on any atom is 0.0378 e. The molecule has 0 aliphatic carbocycles. The van der Waals surface area contributed by atoms with Crippen LogP contribution in [0.5, 0.6) is 0 Å². The fraction of sp³-hybridized carbons (Fsp3) is 0.688. The predicted octanol–water partition coefficient (Wildman–Crippen LogP) is 4.85. The van der Waals surface area contributed by atoms with Crippen molar-refractivity contribution in [1.29, 1.82) is 0 Å². The quantitative estimate of drug-likeness (QED) is 0.656. The van der Waals surface area contributed by atoms with Crippen molar-refractivity contribution in [3.8, 4) is 0 Å². The third kappa shape index (κ3) is 5.34. The molecule has 0 aliphatic rings. The highest BCUT2D eigenvalue weighted by Gasteiger charge is 2.06. The Balaban J connectivity index is 2.47. The van der Waals surface area contributed by atoms with Crippen LogP contribution >= 0.6 is 0 Å². The Morgan fingerprint density at radius 1 is 1.06 bits per heavy atom. The molecule has 0 fully saturated rings. The van der Waals surface area contributed by atoms with Crippen molar-refractivity contribution >= 4 is 0 Å². The Kier molecular flexibility index (Phi) is 6.25. The summed E-state index contributed by atoms with van der Waals surface area (Å²) in [5, 5.41) is 0. The first kappa shape index (κ1) is 14.2. The van der Waals surface area contributed by atoms with E-state index in [1.54, 1.807) is 0 Å². The molecule has 0 amide bonds.